The summed E-state index contributed by atoms with van der Waals surface area (Å²) < 4.78 is 20.5. The van der Waals surface area contributed by atoms with E-state index in [1.165, 1.54) is 30.6 Å². The molecule has 0 amide bonds. The van der Waals surface area contributed by atoms with Crippen molar-refractivity contribution in [2.24, 2.45) is 0 Å². The van der Waals surface area contributed by atoms with Crippen LogP contribution in [-0.2, 0) is 0 Å². The Morgan fingerprint density at radius 2 is 1.81 bits per heavy atom. The van der Waals surface area contributed by atoms with Gasteiger partial charge in [0, 0.05) is 17.1 Å². The van der Waals surface area contributed by atoms with Gasteiger partial charge in [-0.15, -0.1) is 11.3 Å². The molecule has 0 saturated heterocycles. The molecule has 32 heavy (non-hydrogen) atoms. The number of aromatic nitrogens is 2. The fraction of sp³-hybridized carbons (Fsp3) is 0.0400. The highest BCUT2D eigenvalue weighted by atomic mass is 32.1. The summed E-state index contributed by atoms with van der Waals surface area (Å²) >= 11 is 1.43. The average molecular weight is 444 g/mol. The van der Waals surface area contributed by atoms with E-state index in [2.05, 4.69) is 0 Å². The highest BCUT2D eigenvalue weighted by Crippen LogP contribution is 2.40. The zero-order valence-corrected chi connectivity index (χ0v) is 17.9. The Kier molecular flexibility index (Phi) is 4.95. The van der Waals surface area contributed by atoms with E-state index in [1.807, 2.05) is 35.8 Å². The number of pyridine rings is 1. The van der Waals surface area contributed by atoms with E-state index in [0.29, 0.717) is 33.3 Å². The lowest BCUT2D eigenvalue weighted by molar-refractivity contribution is 0.103. The molecule has 0 aliphatic carbocycles. The Morgan fingerprint density at radius 3 is 2.59 bits per heavy atom. The summed E-state index contributed by atoms with van der Waals surface area (Å²) in [6.45, 7) is 0. The number of fused-ring (bicyclic) bond motifs is 1. The number of nitrogens with two attached hydrogens (primary N) is 1. The minimum atomic E-state index is -0.300. The molecule has 0 saturated carbocycles. The molecule has 0 spiro atoms. The number of halogens is 1. The molecule has 0 bridgehead atoms. The van der Waals surface area contributed by atoms with E-state index in [1.54, 1.807) is 34.7 Å². The van der Waals surface area contributed by atoms with Gasteiger partial charge in [-0.2, -0.15) is 0 Å². The first-order chi connectivity index (χ1) is 15.6. The van der Waals surface area contributed by atoms with Gasteiger partial charge in [-0.25, -0.2) is 9.37 Å². The number of carbonyl (C=O) groups is 1. The minimum Gasteiger partial charge on any atom is -0.496 e. The van der Waals surface area contributed by atoms with Crippen LogP contribution in [0.15, 0.2) is 78.3 Å². The molecular weight excluding hydrogens is 425 g/mol. The molecule has 2 N–H and O–H groups in total. The van der Waals surface area contributed by atoms with E-state index < -0.39 is 0 Å². The second-order valence-electron chi connectivity index (χ2n) is 7.17. The van der Waals surface area contributed by atoms with Crippen LogP contribution in [0.1, 0.15) is 16.1 Å². The van der Waals surface area contributed by atoms with E-state index >= 15 is 0 Å². The molecular formula is C25H18FN3O2S. The van der Waals surface area contributed by atoms with Crippen LogP contribution in [0.2, 0.25) is 0 Å². The van der Waals surface area contributed by atoms with Crippen molar-refractivity contribution >= 4 is 28.3 Å². The lowest BCUT2D eigenvalue weighted by Gasteiger charge is -2.08. The Labute approximate surface area is 187 Å². The molecule has 0 fully saturated rings. The standard InChI is InChI=1S/C25H18FN3O2S/c1-31-20-8-3-2-6-17(20)24(30)23-22(27)21(19-7-4-5-13-29(19)23)25-28-18(14-32-25)15-9-11-16(26)12-10-15/h2-14H,27H2,1H3. The summed E-state index contributed by atoms with van der Waals surface area (Å²) in [7, 11) is 1.53. The molecule has 0 unspecified atom stereocenters. The quantitative estimate of drug-likeness (QED) is 0.354. The predicted molar refractivity (Wildman–Crippen MR) is 125 cm³/mol. The molecule has 0 atom stereocenters. The number of para-hydroxylation sites is 1. The van der Waals surface area contributed by atoms with Gasteiger partial charge in [-0.1, -0.05) is 18.2 Å². The molecule has 0 radical (unpaired) electrons. The van der Waals surface area contributed by atoms with Crippen LogP contribution in [0.25, 0.3) is 27.3 Å². The van der Waals surface area contributed by atoms with Crippen molar-refractivity contribution in [1.82, 2.24) is 9.38 Å². The molecule has 0 aliphatic rings. The first-order valence-electron chi connectivity index (χ1n) is 9.86. The number of nitrogen functional groups attached to an aromatic ring is 1. The average Bonchev–Trinajstić information content (AvgIpc) is 3.41. The fourth-order valence-corrected chi connectivity index (χ4v) is 4.68. The van der Waals surface area contributed by atoms with Crippen LogP contribution in [0.3, 0.4) is 0 Å². The van der Waals surface area contributed by atoms with Crippen LogP contribution in [0.5, 0.6) is 5.75 Å². The van der Waals surface area contributed by atoms with E-state index in [4.69, 9.17) is 15.5 Å². The van der Waals surface area contributed by atoms with Crippen molar-refractivity contribution in [2.45, 2.75) is 0 Å². The summed E-state index contributed by atoms with van der Waals surface area (Å²) in [4.78, 5) is 18.3. The lowest BCUT2D eigenvalue weighted by Crippen LogP contribution is -2.09. The van der Waals surface area contributed by atoms with Gasteiger partial charge in [0.2, 0.25) is 5.78 Å². The number of benzene rings is 2. The molecule has 5 nitrogen and oxygen atoms in total. The number of rotatable bonds is 5. The van der Waals surface area contributed by atoms with Crippen molar-refractivity contribution in [3.05, 3.63) is 95.4 Å². The SMILES string of the molecule is COc1ccccc1C(=O)c1c(N)c(-c2nc(-c3ccc(F)cc3)cs2)c2ccccn12. The molecule has 5 rings (SSSR count). The maximum absolute atomic E-state index is 13.5. The van der Waals surface area contributed by atoms with Gasteiger partial charge >= 0.3 is 0 Å². The highest BCUT2D eigenvalue weighted by Gasteiger charge is 2.26. The number of nitrogens with zero attached hydrogens (tertiary/aromatic N) is 2. The number of hydrogen-bond acceptors (Lipinski definition) is 5. The Hall–Kier alpha value is -3.97. The summed E-state index contributed by atoms with van der Waals surface area (Å²) in [6, 6.07) is 18.9. The number of thiazole rings is 1. The van der Waals surface area contributed by atoms with Gasteiger partial charge in [0.1, 0.15) is 22.3 Å². The van der Waals surface area contributed by atoms with Crippen molar-refractivity contribution in [3.63, 3.8) is 0 Å². The topological polar surface area (TPSA) is 69.6 Å². The summed E-state index contributed by atoms with van der Waals surface area (Å²) in [6.07, 6.45) is 1.81. The predicted octanol–water partition coefficient (Wildman–Crippen LogP) is 5.69. The van der Waals surface area contributed by atoms with Gasteiger partial charge in [0.15, 0.2) is 0 Å². The largest absolute Gasteiger partial charge is 0.496 e. The summed E-state index contributed by atoms with van der Waals surface area (Å²) in [5.41, 5.74) is 10.7. The number of hydrogen-bond donors (Lipinski definition) is 1. The second kappa shape index (κ2) is 7.94. The van der Waals surface area contributed by atoms with E-state index in [9.17, 15) is 9.18 Å². The third-order valence-corrected chi connectivity index (χ3v) is 6.17. The van der Waals surface area contributed by atoms with E-state index in [-0.39, 0.29) is 11.6 Å². The van der Waals surface area contributed by atoms with Gasteiger partial charge in [-0.05, 0) is 48.5 Å². The molecule has 7 heteroatoms. The molecule has 3 heterocycles. The highest BCUT2D eigenvalue weighted by molar-refractivity contribution is 7.13. The Bertz CT molecular complexity index is 1450. The third kappa shape index (κ3) is 3.23. The van der Waals surface area contributed by atoms with Crippen LogP contribution >= 0.6 is 11.3 Å². The van der Waals surface area contributed by atoms with Gasteiger partial charge in [0.05, 0.1) is 35.1 Å². The smallest absolute Gasteiger partial charge is 0.215 e. The Morgan fingerprint density at radius 1 is 1.06 bits per heavy atom. The van der Waals surface area contributed by atoms with Crippen LogP contribution in [0, 0.1) is 5.82 Å². The first kappa shape index (κ1) is 20.0. The maximum atomic E-state index is 13.5. The zero-order valence-electron chi connectivity index (χ0n) is 17.1. The van der Waals surface area contributed by atoms with Crippen LogP contribution < -0.4 is 10.5 Å². The van der Waals surface area contributed by atoms with Crippen molar-refractivity contribution in [3.8, 4) is 27.6 Å². The van der Waals surface area contributed by atoms with Crippen molar-refractivity contribution < 1.29 is 13.9 Å². The number of ether oxygens (including phenoxy) is 1. The number of methoxy groups -OCH3 is 1. The first-order valence-corrected chi connectivity index (χ1v) is 10.7. The van der Waals surface area contributed by atoms with Crippen LogP contribution in [0.4, 0.5) is 10.1 Å². The molecule has 3 aromatic heterocycles. The van der Waals surface area contributed by atoms with Crippen LogP contribution in [-0.4, -0.2) is 22.3 Å². The summed E-state index contributed by atoms with van der Waals surface area (Å²) in [5.74, 6) is -0.0498. The van der Waals surface area contributed by atoms with Gasteiger partial charge in [-0.3, -0.25) is 4.79 Å². The molecule has 0 aliphatic heterocycles. The fourth-order valence-electron chi connectivity index (χ4n) is 3.79. The maximum Gasteiger partial charge on any atom is 0.215 e. The third-order valence-electron chi connectivity index (χ3n) is 5.31. The molecule has 2 aromatic carbocycles. The number of ketones is 1. The van der Waals surface area contributed by atoms with Gasteiger partial charge < -0.3 is 14.9 Å². The molecule has 5 aromatic rings. The van der Waals surface area contributed by atoms with Crippen molar-refractivity contribution in [2.75, 3.05) is 12.8 Å². The van der Waals surface area contributed by atoms with E-state index in [0.717, 1.165) is 16.8 Å². The normalized spacial score (nSPS) is 11.1. The summed E-state index contributed by atoms with van der Waals surface area (Å²) in [5, 5.41) is 2.58. The lowest BCUT2D eigenvalue weighted by atomic mass is 10.1. The second-order valence-corrected chi connectivity index (χ2v) is 8.03. The minimum absolute atomic E-state index is 0.234. The monoisotopic (exact) mass is 443 g/mol. The zero-order chi connectivity index (χ0) is 22.2. The van der Waals surface area contributed by atoms with Crippen molar-refractivity contribution in [1.29, 1.82) is 0 Å². The number of carbonyl (C=O) groups excluding carboxylic acids is 1. The van der Waals surface area contributed by atoms with Gasteiger partial charge in [0.25, 0.3) is 0 Å². The Balaban J connectivity index is 1.67. The number of anilines is 1. The molecule has 158 valence electrons.